The van der Waals surface area contributed by atoms with Crippen molar-refractivity contribution in [3.8, 4) is 5.75 Å². The Balaban J connectivity index is 1.47. The first-order valence-corrected chi connectivity index (χ1v) is 10.5. The van der Waals surface area contributed by atoms with Crippen molar-refractivity contribution in [1.29, 1.82) is 0 Å². The summed E-state index contributed by atoms with van der Waals surface area (Å²) in [5.41, 5.74) is 6.40. The van der Waals surface area contributed by atoms with Crippen LogP contribution in [-0.4, -0.2) is 15.8 Å². The van der Waals surface area contributed by atoms with Gasteiger partial charge >= 0.3 is 0 Å². The lowest BCUT2D eigenvalue weighted by Gasteiger charge is -2.24. The number of phenolic OH excluding ortho intramolecular Hbond substituents is 1. The second-order valence-corrected chi connectivity index (χ2v) is 7.74. The summed E-state index contributed by atoms with van der Waals surface area (Å²) in [5.74, 6) is 0.292. The van der Waals surface area contributed by atoms with E-state index in [1.54, 1.807) is 12.3 Å². The Bertz CT molecular complexity index is 1190. The predicted molar refractivity (Wildman–Crippen MR) is 124 cm³/mol. The monoisotopic (exact) mass is 405 g/mol. The van der Waals surface area contributed by atoms with Crippen LogP contribution in [0.1, 0.15) is 34.7 Å². The van der Waals surface area contributed by atoms with E-state index < -0.39 is 0 Å². The molecule has 5 rings (SSSR count). The summed E-state index contributed by atoms with van der Waals surface area (Å²) in [6.07, 6.45) is 5.21. The number of para-hydroxylation sites is 1. The summed E-state index contributed by atoms with van der Waals surface area (Å²) in [6.45, 7) is 0. The number of rotatable bonds is 5. The largest absolute Gasteiger partial charge is 0.508 e. The van der Waals surface area contributed by atoms with E-state index in [-0.39, 0.29) is 6.04 Å². The summed E-state index contributed by atoms with van der Waals surface area (Å²) in [4.78, 5) is 4.25. The smallest absolute Gasteiger partial charge is 0.120 e. The zero-order chi connectivity index (χ0) is 21.0. The highest BCUT2D eigenvalue weighted by Crippen LogP contribution is 2.39. The molecule has 0 spiro atoms. The molecule has 152 valence electrons. The fourth-order valence-corrected chi connectivity index (χ4v) is 4.07. The van der Waals surface area contributed by atoms with E-state index in [1.807, 2.05) is 47.6 Å². The van der Waals surface area contributed by atoms with Gasteiger partial charge in [-0.3, -0.25) is 9.99 Å². The van der Waals surface area contributed by atoms with E-state index in [4.69, 9.17) is 5.10 Å². The Labute approximate surface area is 182 Å². The number of hydrogen-bond acceptors (Lipinski definition) is 4. The molecule has 1 aromatic heterocycles. The fourth-order valence-electron chi connectivity index (χ4n) is 4.07. The van der Waals surface area contributed by atoms with Crippen molar-refractivity contribution in [1.82, 2.24) is 4.98 Å². The third kappa shape index (κ3) is 4.05. The topological polar surface area (TPSA) is 48.7 Å². The summed E-state index contributed by atoms with van der Waals surface area (Å²) in [5, 5.41) is 17.5. The molecule has 0 radical (unpaired) electrons. The first kappa shape index (κ1) is 19.1. The van der Waals surface area contributed by atoms with Gasteiger partial charge < -0.3 is 5.11 Å². The van der Waals surface area contributed by atoms with Gasteiger partial charge in [-0.25, -0.2) is 0 Å². The molecule has 4 nitrogen and oxygen atoms in total. The van der Waals surface area contributed by atoms with Gasteiger partial charge in [0.05, 0.1) is 17.4 Å². The van der Waals surface area contributed by atoms with E-state index in [1.165, 1.54) is 11.1 Å². The fraction of sp³-hybridized carbons (Fsp3) is 0.111. The Kier molecular flexibility index (Phi) is 5.19. The van der Waals surface area contributed by atoms with Crippen molar-refractivity contribution in [3.05, 3.63) is 126 Å². The van der Waals surface area contributed by atoms with Crippen molar-refractivity contribution in [2.24, 2.45) is 5.10 Å². The number of phenols is 1. The minimum atomic E-state index is -0.0728. The number of aromatic hydroxyl groups is 1. The molecular formula is C27H23N3O. The molecule has 1 aliphatic heterocycles. The van der Waals surface area contributed by atoms with Crippen LogP contribution in [0.15, 0.2) is 108 Å². The third-order valence-corrected chi connectivity index (χ3v) is 5.65. The highest BCUT2D eigenvalue weighted by Gasteiger charge is 2.31. The van der Waals surface area contributed by atoms with Gasteiger partial charge in [-0.1, -0.05) is 66.7 Å². The summed E-state index contributed by atoms with van der Waals surface area (Å²) in [6, 6.07) is 30.4. The number of benzene rings is 3. The normalized spacial score (nSPS) is 15.7. The third-order valence-electron chi connectivity index (χ3n) is 5.65. The first-order valence-electron chi connectivity index (χ1n) is 10.5. The van der Waals surface area contributed by atoms with Gasteiger partial charge in [0.25, 0.3) is 0 Å². The van der Waals surface area contributed by atoms with Crippen LogP contribution in [0, 0.1) is 0 Å². The number of hydrogen-bond donors (Lipinski definition) is 1. The average Bonchev–Trinajstić information content (AvgIpc) is 3.26. The van der Waals surface area contributed by atoms with Crippen molar-refractivity contribution in [2.75, 3.05) is 5.01 Å². The lowest BCUT2D eigenvalue weighted by molar-refractivity contribution is 0.461. The summed E-state index contributed by atoms with van der Waals surface area (Å²) >= 11 is 0. The molecule has 0 saturated carbocycles. The van der Waals surface area contributed by atoms with Gasteiger partial charge in [0.1, 0.15) is 5.75 Å². The second kappa shape index (κ2) is 8.44. The zero-order valence-electron chi connectivity index (χ0n) is 17.1. The standard InChI is InChI=1S/C27H23N3O/c31-27-11-5-4-10-24(27)26-18-25(22-9-6-16-28-19-22)29-30(26)23-14-12-21(13-15-23)17-20-7-2-1-3-8-20/h1-16,19,26,31H,17-18H2. The van der Waals surface area contributed by atoms with E-state index in [0.717, 1.165) is 28.9 Å². The lowest BCUT2D eigenvalue weighted by Crippen LogP contribution is -2.18. The Hall–Kier alpha value is -3.92. The number of aromatic nitrogens is 1. The van der Waals surface area contributed by atoms with Crippen LogP contribution in [-0.2, 0) is 6.42 Å². The van der Waals surface area contributed by atoms with Crippen LogP contribution in [0.5, 0.6) is 5.75 Å². The molecule has 0 aliphatic carbocycles. The zero-order valence-corrected chi connectivity index (χ0v) is 17.1. The van der Waals surface area contributed by atoms with Gasteiger partial charge in [0.2, 0.25) is 0 Å². The van der Waals surface area contributed by atoms with Crippen LogP contribution in [0.25, 0.3) is 0 Å². The van der Waals surface area contributed by atoms with Gasteiger partial charge in [0.15, 0.2) is 0 Å². The quantitative estimate of drug-likeness (QED) is 0.461. The Morgan fingerprint density at radius 2 is 1.55 bits per heavy atom. The molecule has 4 heteroatoms. The average molecular weight is 406 g/mol. The molecule has 0 saturated heterocycles. The van der Waals surface area contributed by atoms with Gasteiger partial charge in [-0.05, 0) is 41.8 Å². The molecule has 31 heavy (non-hydrogen) atoms. The van der Waals surface area contributed by atoms with Gasteiger partial charge in [-0.2, -0.15) is 5.10 Å². The van der Waals surface area contributed by atoms with Crippen LogP contribution in [0.3, 0.4) is 0 Å². The predicted octanol–water partition coefficient (Wildman–Crippen LogP) is 5.73. The molecule has 1 N–H and O–H groups in total. The Morgan fingerprint density at radius 1 is 0.806 bits per heavy atom. The van der Waals surface area contributed by atoms with Crippen LogP contribution in [0.2, 0.25) is 0 Å². The second-order valence-electron chi connectivity index (χ2n) is 7.74. The molecule has 1 atom stereocenters. The highest BCUT2D eigenvalue weighted by atomic mass is 16.3. The maximum atomic E-state index is 10.5. The maximum Gasteiger partial charge on any atom is 0.120 e. The summed E-state index contributed by atoms with van der Waals surface area (Å²) < 4.78 is 0. The van der Waals surface area contributed by atoms with Gasteiger partial charge in [-0.15, -0.1) is 0 Å². The first-order chi connectivity index (χ1) is 15.3. The number of hydrazone groups is 1. The molecular weight excluding hydrogens is 382 g/mol. The molecule has 0 bridgehead atoms. The SMILES string of the molecule is Oc1ccccc1C1CC(c2cccnc2)=NN1c1ccc(Cc2ccccc2)cc1. The molecule has 1 aliphatic rings. The Morgan fingerprint density at radius 3 is 2.29 bits per heavy atom. The highest BCUT2D eigenvalue weighted by molar-refractivity contribution is 6.03. The van der Waals surface area contributed by atoms with Crippen LogP contribution < -0.4 is 5.01 Å². The van der Waals surface area contributed by atoms with E-state index in [2.05, 4.69) is 53.5 Å². The molecule has 2 heterocycles. The van der Waals surface area contributed by atoms with Crippen molar-refractivity contribution in [2.45, 2.75) is 18.9 Å². The summed E-state index contributed by atoms with van der Waals surface area (Å²) in [7, 11) is 0. The maximum absolute atomic E-state index is 10.5. The molecule has 4 aromatic rings. The number of pyridine rings is 1. The molecule has 0 fully saturated rings. The lowest BCUT2D eigenvalue weighted by atomic mass is 9.98. The number of nitrogens with zero attached hydrogens (tertiary/aromatic N) is 3. The van der Waals surface area contributed by atoms with E-state index >= 15 is 0 Å². The molecule has 3 aromatic carbocycles. The molecule has 0 amide bonds. The van der Waals surface area contributed by atoms with Crippen molar-refractivity contribution >= 4 is 11.4 Å². The minimum Gasteiger partial charge on any atom is -0.508 e. The number of anilines is 1. The molecule has 1 unspecified atom stereocenters. The van der Waals surface area contributed by atoms with Crippen LogP contribution >= 0.6 is 0 Å². The van der Waals surface area contributed by atoms with E-state index in [9.17, 15) is 5.11 Å². The van der Waals surface area contributed by atoms with Crippen molar-refractivity contribution < 1.29 is 5.11 Å². The minimum absolute atomic E-state index is 0.0728. The van der Waals surface area contributed by atoms with Gasteiger partial charge in [0, 0.05) is 29.9 Å². The van der Waals surface area contributed by atoms with E-state index in [0.29, 0.717) is 12.2 Å². The van der Waals surface area contributed by atoms with Crippen molar-refractivity contribution in [3.63, 3.8) is 0 Å². The van der Waals surface area contributed by atoms with Crippen LogP contribution in [0.4, 0.5) is 5.69 Å².